The molecule has 0 aromatic heterocycles. The van der Waals surface area contributed by atoms with Crippen LogP contribution in [0.3, 0.4) is 0 Å². The quantitative estimate of drug-likeness (QED) is 0.285. The minimum Gasteiger partial charge on any atom is -0.325 e. The summed E-state index contributed by atoms with van der Waals surface area (Å²) in [6.07, 6.45) is 0. The van der Waals surface area contributed by atoms with Gasteiger partial charge in [0, 0.05) is 15.2 Å². The van der Waals surface area contributed by atoms with Crippen LogP contribution in [0, 0.1) is 3.57 Å². The van der Waals surface area contributed by atoms with Crippen LogP contribution in [0.25, 0.3) is 16.3 Å². The number of carbonyl (C=O) groups is 1. The lowest BCUT2D eigenvalue weighted by Crippen LogP contribution is -2.19. The molecule has 31 heavy (non-hydrogen) atoms. The first-order chi connectivity index (χ1) is 15.1. The van der Waals surface area contributed by atoms with Gasteiger partial charge in [-0.3, -0.25) is 4.79 Å². The smallest absolute Gasteiger partial charge is 0.232 e. The van der Waals surface area contributed by atoms with Gasteiger partial charge in [-0.25, -0.2) is 0 Å². The number of carbonyl (C=O) groups excluding carboxylic acids is 1. The van der Waals surface area contributed by atoms with Crippen LogP contribution in [0.5, 0.6) is 0 Å². The van der Waals surface area contributed by atoms with E-state index in [0.29, 0.717) is 0 Å². The van der Waals surface area contributed by atoms with Crippen LogP contribution in [0.4, 0.5) is 5.69 Å². The number of hydrogen-bond acceptors (Lipinski definition) is 1. The molecule has 150 valence electrons. The van der Waals surface area contributed by atoms with Crippen molar-refractivity contribution in [3.8, 4) is 0 Å². The first kappa shape index (κ1) is 18.8. The lowest BCUT2D eigenvalue weighted by molar-refractivity contribution is -0.117. The number of fused-ring (bicyclic) bond motifs is 3. The summed E-state index contributed by atoms with van der Waals surface area (Å²) >= 11 is 2.33. The highest BCUT2D eigenvalue weighted by atomic mass is 127. The first-order valence-corrected chi connectivity index (χ1v) is 11.6. The van der Waals surface area contributed by atoms with Crippen LogP contribution in [-0.4, -0.2) is 5.91 Å². The Kier molecular flexibility index (Phi) is 4.29. The van der Waals surface area contributed by atoms with Crippen LogP contribution in [0.2, 0.25) is 0 Å². The summed E-state index contributed by atoms with van der Waals surface area (Å²) in [5.41, 5.74) is 8.32. The van der Waals surface area contributed by atoms with Gasteiger partial charge in [0.1, 0.15) is 0 Å². The van der Waals surface area contributed by atoms with E-state index in [2.05, 4.69) is 114 Å². The number of nitrogens with one attached hydrogen (secondary N) is 1. The summed E-state index contributed by atoms with van der Waals surface area (Å²) in [4.78, 5) is 13.2. The van der Waals surface area contributed by atoms with Crippen LogP contribution in [0.1, 0.15) is 41.0 Å². The Morgan fingerprint density at radius 1 is 0.774 bits per heavy atom. The van der Waals surface area contributed by atoms with E-state index in [-0.39, 0.29) is 17.7 Å². The summed E-state index contributed by atoms with van der Waals surface area (Å²) in [6.45, 7) is 2.21. The molecule has 4 aromatic carbocycles. The van der Waals surface area contributed by atoms with Gasteiger partial charge in [0.2, 0.25) is 5.91 Å². The van der Waals surface area contributed by atoms with Gasteiger partial charge in [-0.2, -0.15) is 0 Å². The zero-order chi connectivity index (χ0) is 21.1. The van der Waals surface area contributed by atoms with Gasteiger partial charge in [0.25, 0.3) is 0 Å². The molecule has 1 heterocycles. The Balaban J connectivity index is 1.61. The van der Waals surface area contributed by atoms with E-state index in [1.54, 1.807) is 0 Å². The van der Waals surface area contributed by atoms with Crippen molar-refractivity contribution in [2.24, 2.45) is 0 Å². The van der Waals surface area contributed by atoms with Crippen molar-refractivity contribution in [3.05, 3.63) is 116 Å². The second kappa shape index (κ2) is 7.06. The van der Waals surface area contributed by atoms with E-state index >= 15 is 0 Å². The number of allylic oxidation sites excluding steroid dienone is 1. The van der Waals surface area contributed by atoms with Crippen LogP contribution in [0.15, 0.2) is 90.5 Å². The minimum atomic E-state index is -0.210. The molecule has 1 N–H and O–H groups in total. The second-order valence-electron chi connectivity index (χ2n) is 8.35. The zero-order valence-electron chi connectivity index (χ0n) is 17.0. The number of halogens is 1. The minimum absolute atomic E-state index is 0.0321. The Labute approximate surface area is 195 Å². The van der Waals surface area contributed by atoms with Gasteiger partial charge in [0.05, 0.1) is 5.92 Å². The van der Waals surface area contributed by atoms with Gasteiger partial charge in [-0.05, 0) is 86.3 Å². The van der Waals surface area contributed by atoms with E-state index in [1.807, 2.05) is 6.07 Å². The van der Waals surface area contributed by atoms with Crippen molar-refractivity contribution in [2.45, 2.75) is 18.8 Å². The van der Waals surface area contributed by atoms with Crippen LogP contribution < -0.4 is 5.32 Å². The molecule has 2 nitrogen and oxygen atoms in total. The van der Waals surface area contributed by atoms with Gasteiger partial charge in [0.15, 0.2) is 0 Å². The van der Waals surface area contributed by atoms with Gasteiger partial charge in [-0.15, -0.1) is 0 Å². The Hall–Kier alpha value is -2.92. The van der Waals surface area contributed by atoms with Crippen molar-refractivity contribution in [3.63, 3.8) is 0 Å². The molecule has 0 radical (unpaired) electrons. The molecule has 4 aromatic rings. The average molecular weight is 513 g/mol. The molecule has 2 aliphatic rings. The van der Waals surface area contributed by atoms with Gasteiger partial charge < -0.3 is 5.32 Å². The topological polar surface area (TPSA) is 29.1 Å². The molecule has 2 unspecified atom stereocenters. The molecule has 1 aliphatic carbocycles. The monoisotopic (exact) mass is 513 g/mol. The molecule has 0 fully saturated rings. The highest BCUT2D eigenvalue weighted by molar-refractivity contribution is 14.1. The molecule has 0 saturated heterocycles. The largest absolute Gasteiger partial charge is 0.325 e. The van der Waals surface area contributed by atoms with Crippen molar-refractivity contribution in [2.75, 3.05) is 5.32 Å². The first-order valence-electron chi connectivity index (χ1n) is 10.5. The summed E-state index contributed by atoms with van der Waals surface area (Å²) in [5.74, 6) is -0.0849. The summed E-state index contributed by atoms with van der Waals surface area (Å²) in [7, 11) is 0. The number of benzene rings is 4. The molecule has 0 bridgehead atoms. The molecular formula is C28H20INO. The third-order valence-corrected chi connectivity index (χ3v) is 7.38. The number of rotatable bonds is 2. The fourth-order valence-corrected chi connectivity index (χ4v) is 5.93. The van der Waals surface area contributed by atoms with E-state index in [0.717, 1.165) is 14.8 Å². The highest BCUT2D eigenvalue weighted by Crippen LogP contribution is 2.54. The lowest BCUT2D eigenvalue weighted by Gasteiger charge is -2.21. The molecule has 0 spiro atoms. The normalized spacial score (nSPS) is 19.5. The zero-order valence-corrected chi connectivity index (χ0v) is 19.2. The summed E-state index contributed by atoms with van der Waals surface area (Å²) < 4.78 is 1.15. The molecular weight excluding hydrogens is 493 g/mol. The molecule has 0 saturated carbocycles. The molecule has 2 atom stereocenters. The fourth-order valence-electron chi connectivity index (χ4n) is 5.41. The van der Waals surface area contributed by atoms with Gasteiger partial charge in [-0.1, -0.05) is 72.3 Å². The fraction of sp³-hybridized carbons (Fsp3) is 0.107. The van der Waals surface area contributed by atoms with Crippen molar-refractivity contribution in [1.82, 2.24) is 0 Å². The Morgan fingerprint density at radius 3 is 2.42 bits per heavy atom. The number of hydrogen-bond donors (Lipinski definition) is 1. The molecule has 1 aliphatic heterocycles. The standard InChI is InChI=1S/C28H20INO/c1-16-25(20-12-6-8-17-7-2-3-9-19(17)20)21-10-4-5-11-22(21)26(16)27-23-15-18(29)13-14-24(23)30-28(27)31/h2-15,26-27H,1H3,(H,30,31). The van der Waals surface area contributed by atoms with E-state index in [9.17, 15) is 4.79 Å². The number of amides is 1. The van der Waals surface area contributed by atoms with Crippen molar-refractivity contribution < 1.29 is 4.79 Å². The molecule has 1 amide bonds. The highest BCUT2D eigenvalue weighted by Gasteiger charge is 2.43. The average Bonchev–Trinajstić information content (AvgIpc) is 3.25. The van der Waals surface area contributed by atoms with E-state index < -0.39 is 0 Å². The molecule has 3 heteroatoms. The lowest BCUT2D eigenvalue weighted by atomic mass is 9.80. The van der Waals surface area contributed by atoms with E-state index in [4.69, 9.17) is 0 Å². The molecule has 6 rings (SSSR count). The van der Waals surface area contributed by atoms with Crippen molar-refractivity contribution >= 4 is 50.5 Å². The Bertz CT molecular complexity index is 1410. The van der Waals surface area contributed by atoms with E-state index in [1.165, 1.54) is 38.6 Å². The Morgan fingerprint density at radius 2 is 1.52 bits per heavy atom. The van der Waals surface area contributed by atoms with Crippen molar-refractivity contribution in [1.29, 1.82) is 0 Å². The second-order valence-corrected chi connectivity index (χ2v) is 9.59. The predicted molar refractivity (Wildman–Crippen MR) is 135 cm³/mol. The van der Waals surface area contributed by atoms with Crippen LogP contribution >= 0.6 is 22.6 Å². The summed E-state index contributed by atoms with van der Waals surface area (Å²) in [5, 5.41) is 5.61. The van der Waals surface area contributed by atoms with Crippen LogP contribution in [-0.2, 0) is 4.79 Å². The SMILES string of the molecule is CC1=C(c2cccc3ccccc23)c2ccccc2C1C1C(=O)Nc2ccc(I)cc21. The third-order valence-electron chi connectivity index (χ3n) is 6.71. The van der Waals surface area contributed by atoms with Gasteiger partial charge >= 0.3 is 0 Å². The summed E-state index contributed by atoms with van der Waals surface area (Å²) in [6, 6.07) is 29.9. The predicted octanol–water partition coefficient (Wildman–Crippen LogP) is 7.10. The number of anilines is 1. The maximum atomic E-state index is 13.2. The third kappa shape index (κ3) is 2.79. The maximum absolute atomic E-state index is 13.2. The maximum Gasteiger partial charge on any atom is 0.232 e.